The van der Waals surface area contributed by atoms with Gasteiger partial charge in [0, 0.05) is 23.2 Å². The molecule has 0 saturated heterocycles. The molecule has 0 amide bonds. The molecule has 0 saturated carbocycles. The molecule has 1 rings (SSSR count). The molecule has 1 aromatic rings. The highest BCUT2D eigenvalue weighted by Crippen LogP contribution is 2.35. The average Bonchev–Trinajstić information content (AvgIpc) is 2.41. The summed E-state index contributed by atoms with van der Waals surface area (Å²) in [5, 5.41) is 12.7. The van der Waals surface area contributed by atoms with Crippen LogP contribution in [0.5, 0.6) is 11.5 Å². The molecule has 4 nitrogen and oxygen atoms in total. The van der Waals surface area contributed by atoms with Gasteiger partial charge in [0.2, 0.25) is 0 Å². The third-order valence-electron chi connectivity index (χ3n) is 2.54. The molecule has 0 radical (unpaired) electrons. The molecule has 0 bridgehead atoms. The Balaban J connectivity index is 3.03. The van der Waals surface area contributed by atoms with Crippen LogP contribution in [-0.4, -0.2) is 19.8 Å². The van der Waals surface area contributed by atoms with Crippen molar-refractivity contribution < 1.29 is 9.47 Å². The summed E-state index contributed by atoms with van der Waals surface area (Å²) in [6.45, 7) is 5.32. The standard InChI is InChI=1S/C14H19ClN2O2/c1-4-5-17-9-11-6-12(15)7-13(18-3)14(11)19-10(2)8-16/h6-7,10,17H,4-5,9H2,1-3H3. The molecule has 5 heteroatoms. The maximum atomic E-state index is 8.86. The van der Waals surface area contributed by atoms with Gasteiger partial charge in [-0.1, -0.05) is 18.5 Å². The predicted molar refractivity (Wildman–Crippen MR) is 75.7 cm³/mol. The van der Waals surface area contributed by atoms with Crippen molar-refractivity contribution in [3.05, 3.63) is 22.7 Å². The lowest BCUT2D eigenvalue weighted by atomic mass is 10.1. The van der Waals surface area contributed by atoms with Crippen molar-refractivity contribution in [2.24, 2.45) is 0 Å². The van der Waals surface area contributed by atoms with E-state index in [1.807, 2.05) is 12.1 Å². The van der Waals surface area contributed by atoms with Gasteiger partial charge in [-0.05, 0) is 26.0 Å². The summed E-state index contributed by atoms with van der Waals surface area (Å²) in [5.41, 5.74) is 0.889. The van der Waals surface area contributed by atoms with Crippen LogP contribution in [0.4, 0.5) is 0 Å². The molecule has 19 heavy (non-hydrogen) atoms. The molecule has 104 valence electrons. The maximum absolute atomic E-state index is 8.86. The molecule has 0 aliphatic carbocycles. The summed E-state index contributed by atoms with van der Waals surface area (Å²) in [7, 11) is 1.55. The van der Waals surface area contributed by atoms with E-state index in [1.54, 1.807) is 20.1 Å². The van der Waals surface area contributed by atoms with Gasteiger partial charge in [0.1, 0.15) is 6.07 Å². The van der Waals surface area contributed by atoms with Gasteiger partial charge in [0.05, 0.1) is 7.11 Å². The lowest BCUT2D eigenvalue weighted by Gasteiger charge is -2.17. The van der Waals surface area contributed by atoms with Gasteiger partial charge in [0.25, 0.3) is 0 Å². The van der Waals surface area contributed by atoms with Crippen molar-refractivity contribution in [3.8, 4) is 17.6 Å². The second kappa shape index (κ2) is 7.88. The Kier molecular flexibility index (Phi) is 6.48. The number of rotatable bonds is 7. The highest BCUT2D eigenvalue weighted by atomic mass is 35.5. The molecule has 0 aromatic heterocycles. The Morgan fingerprint density at radius 3 is 2.79 bits per heavy atom. The number of hydrogen-bond acceptors (Lipinski definition) is 4. The largest absolute Gasteiger partial charge is 0.493 e. The van der Waals surface area contributed by atoms with Gasteiger partial charge in [-0.15, -0.1) is 0 Å². The first-order chi connectivity index (χ1) is 9.12. The van der Waals surface area contributed by atoms with Crippen molar-refractivity contribution >= 4 is 11.6 Å². The minimum atomic E-state index is -0.542. The van der Waals surface area contributed by atoms with Crippen LogP contribution < -0.4 is 14.8 Å². The highest BCUT2D eigenvalue weighted by molar-refractivity contribution is 6.30. The van der Waals surface area contributed by atoms with E-state index in [0.717, 1.165) is 18.5 Å². The van der Waals surface area contributed by atoms with Crippen molar-refractivity contribution in [3.63, 3.8) is 0 Å². The van der Waals surface area contributed by atoms with Crippen molar-refractivity contribution in [2.45, 2.75) is 32.9 Å². The number of ether oxygens (including phenoxy) is 2. The maximum Gasteiger partial charge on any atom is 0.181 e. The normalized spacial score (nSPS) is 11.7. The second-order valence-electron chi connectivity index (χ2n) is 4.16. The highest BCUT2D eigenvalue weighted by Gasteiger charge is 2.15. The van der Waals surface area contributed by atoms with E-state index in [0.29, 0.717) is 23.1 Å². The number of nitriles is 1. The van der Waals surface area contributed by atoms with Gasteiger partial charge >= 0.3 is 0 Å². The fourth-order valence-electron chi connectivity index (χ4n) is 1.64. The zero-order valence-corrected chi connectivity index (χ0v) is 12.3. The number of hydrogen-bond donors (Lipinski definition) is 1. The smallest absolute Gasteiger partial charge is 0.181 e. The molecular formula is C14H19ClN2O2. The van der Waals surface area contributed by atoms with Crippen LogP contribution in [0.25, 0.3) is 0 Å². The third-order valence-corrected chi connectivity index (χ3v) is 2.75. The Hall–Kier alpha value is -1.44. The van der Waals surface area contributed by atoms with Gasteiger partial charge in [-0.2, -0.15) is 5.26 Å². The van der Waals surface area contributed by atoms with Gasteiger partial charge in [0.15, 0.2) is 17.6 Å². The molecular weight excluding hydrogens is 264 g/mol. The molecule has 1 N–H and O–H groups in total. The van der Waals surface area contributed by atoms with E-state index in [4.69, 9.17) is 26.3 Å². The summed E-state index contributed by atoms with van der Waals surface area (Å²) < 4.78 is 10.9. The van der Waals surface area contributed by atoms with E-state index < -0.39 is 6.10 Å². The first kappa shape index (κ1) is 15.6. The van der Waals surface area contributed by atoms with E-state index >= 15 is 0 Å². The molecule has 0 heterocycles. The molecule has 1 aromatic carbocycles. The molecule has 0 aliphatic heterocycles. The molecule has 0 fully saturated rings. The van der Waals surface area contributed by atoms with Crippen LogP contribution in [0.3, 0.4) is 0 Å². The van der Waals surface area contributed by atoms with Crippen LogP contribution in [0.15, 0.2) is 12.1 Å². The van der Waals surface area contributed by atoms with E-state index in [1.165, 1.54) is 0 Å². The topological polar surface area (TPSA) is 54.3 Å². The fourth-order valence-corrected chi connectivity index (χ4v) is 1.87. The average molecular weight is 283 g/mol. The van der Waals surface area contributed by atoms with E-state index in [-0.39, 0.29) is 0 Å². The van der Waals surface area contributed by atoms with Crippen LogP contribution in [0.1, 0.15) is 25.8 Å². The summed E-state index contributed by atoms with van der Waals surface area (Å²) in [4.78, 5) is 0. The molecule has 0 aliphatic rings. The number of benzene rings is 1. The first-order valence-corrected chi connectivity index (χ1v) is 6.63. The quantitative estimate of drug-likeness (QED) is 0.781. The zero-order valence-electron chi connectivity index (χ0n) is 11.5. The number of halogens is 1. The second-order valence-corrected chi connectivity index (χ2v) is 4.60. The van der Waals surface area contributed by atoms with Crippen LogP contribution in [0, 0.1) is 11.3 Å². The Morgan fingerprint density at radius 1 is 1.47 bits per heavy atom. The SMILES string of the molecule is CCCNCc1cc(Cl)cc(OC)c1OC(C)C#N. The van der Waals surface area contributed by atoms with Gasteiger partial charge < -0.3 is 14.8 Å². The molecule has 1 unspecified atom stereocenters. The Labute approximate surface area is 119 Å². The number of methoxy groups -OCH3 is 1. The summed E-state index contributed by atoms with van der Waals surface area (Å²) >= 11 is 6.06. The van der Waals surface area contributed by atoms with E-state index in [2.05, 4.69) is 12.2 Å². The Morgan fingerprint density at radius 2 is 2.21 bits per heavy atom. The van der Waals surface area contributed by atoms with Gasteiger partial charge in [-0.3, -0.25) is 0 Å². The third kappa shape index (κ3) is 4.62. The van der Waals surface area contributed by atoms with Crippen molar-refractivity contribution in [1.82, 2.24) is 5.32 Å². The number of nitrogens with one attached hydrogen (secondary N) is 1. The number of nitrogens with zero attached hydrogens (tertiary/aromatic N) is 1. The predicted octanol–water partition coefficient (Wildman–Crippen LogP) is 3.14. The van der Waals surface area contributed by atoms with Crippen molar-refractivity contribution in [2.75, 3.05) is 13.7 Å². The van der Waals surface area contributed by atoms with Crippen LogP contribution in [-0.2, 0) is 6.54 Å². The van der Waals surface area contributed by atoms with Crippen molar-refractivity contribution in [1.29, 1.82) is 5.26 Å². The minimum Gasteiger partial charge on any atom is -0.493 e. The van der Waals surface area contributed by atoms with E-state index in [9.17, 15) is 0 Å². The van der Waals surface area contributed by atoms with Crippen LogP contribution in [0.2, 0.25) is 5.02 Å². The summed E-state index contributed by atoms with van der Waals surface area (Å²) in [5.74, 6) is 1.12. The first-order valence-electron chi connectivity index (χ1n) is 6.25. The monoisotopic (exact) mass is 282 g/mol. The fraction of sp³-hybridized carbons (Fsp3) is 0.500. The molecule has 0 spiro atoms. The van der Waals surface area contributed by atoms with Crippen LogP contribution >= 0.6 is 11.6 Å². The Bertz CT molecular complexity index is 457. The van der Waals surface area contributed by atoms with Gasteiger partial charge in [-0.25, -0.2) is 0 Å². The zero-order chi connectivity index (χ0) is 14.3. The lowest BCUT2D eigenvalue weighted by molar-refractivity contribution is 0.256. The summed E-state index contributed by atoms with van der Waals surface area (Å²) in [6, 6.07) is 5.55. The lowest BCUT2D eigenvalue weighted by Crippen LogP contribution is -2.17. The minimum absolute atomic E-state index is 0.542. The molecule has 1 atom stereocenters. The summed E-state index contributed by atoms with van der Waals surface area (Å²) in [6.07, 6.45) is 0.502.